The Hall–Kier alpha value is -5.21. The molecule has 2 N–H and O–H groups in total. The Bertz CT molecular complexity index is 1560. The number of ether oxygens (including phenoxy) is 2. The largest absolute Gasteiger partial charge is 0.497 e. The molecule has 4 aromatic carbocycles. The molecule has 0 fully saturated rings. The highest BCUT2D eigenvalue weighted by molar-refractivity contribution is 6.30. The molecule has 4 rings (SSSR count). The fourth-order valence-electron chi connectivity index (χ4n) is 3.47. The summed E-state index contributed by atoms with van der Waals surface area (Å²) in [7, 11) is 1.55. The van der Waals surface area contributed by atoms with Gasteiger partial charge in [-0.2, -0.15) is 5.10 Å². The first-order valence-electron chi connectivity index (χ1n) is 12.0. The van der Waals surface area contributed by atoms with Crippen LogP contribution in [0.3, 0.4) is 0 Å². The van der Waals surface area contributed by atoms with E-state index in [1.165, 1.54) is 18.4 Å². The van der Waals surface area contributed by atoms with Crippen LogP contribution in [0.2, 0.25) is 5.02 Å². The molecule has 9 heteroatoms. The highest BCUT2D eigenvalue weighted by Crippen LogP contribution is 2.18. The van der Waals surface area contributed by atoms with E-state index in [-0.39, 0.29) is 17.2 Å². The number of nitrogens with zero attached hydrogens (tertiary/aromatic N) is 1. The van der Waals surface area contributed by atoms with Crippen LogP contribution in [0, 0.1) is 0 Å². The molecule has 0 atom stereocenters. The van der Waals surface area contributed by atoms with Crippen molar-refractivity contribution in [2.24, 2.45) is 5.10 Å². The zero-order chi connectivity index (χ0) is 28.3. The predicted octanol–water partition coefficient (Wildman–Crippen LogP) is 5.98. The van der Waals surface area contributed by atoms with Crippen LogP contribution >= 0.6 is 11.6 Å². The fraction of sp³-hybridized carbons (Fsp3) is 0.0323. The first-order valence-corrected chi connectivity index (χ1v) is 12.4. The van der Waals surface area contributed by atoms with Crippen LogP contribution in [0.25, 0.3) is 6.08 Å². The second-order valence-corrected chi connectivity index (χ2v) is 8.74. The molecule has 0 heterocycles. The quantitative estimate of drug-likeness (QED) is 0.0871. The normalized spacial score (nSPS) is 10.8. The number of carbonyl (C=O) groups excluding carboxylic acids is 3. The molecular weight excluding hydrogens is 530 g/mol. The SMILES string of the molecule is COc1ccc(C(=O)Nc2cccc(C(=O)NN=Cc3ccccc3OC(=O)/C=C/c3ccc(Cl)cc3)c2)cc1. The Balaban J connectivity index is 1.35. The molecule has 0 bridgehead atoms. The summed E-state index contributed by atoms with van der Waals surface area (Å²) in [5.41, 5.74) is 4.90. The average molecular weight is 554 g/mol. The zero-order valence-electron chi connectivity index (χ0n) is 21.3. The average Bonchev–Trinajstić information content (AvgIpc) is 2.98. The molecule has 0 spiro atoms. The highest BCUT2D eigenvalue weighted by Gasteiger charge is 2.10. The third-order valence-corrected chi connectivity index (χ3v) is 5.77. The Morgan fingerprint density at radius 3 is 2.33 bits per heavy atom. The van der Waals surface area contributed by atoms with Crippen molar-refractivity contribution in [2.75, 3.05) is 12.4 Å². The molecule has 0 radical (unpaired) electrons. The number of amides is 2. The van der Waals surface area contributed by atoms with Gasteiger partial charge in [-0.3, -0.25) is 9.59 Å². The summed E-state index contributed by atoms with van der Waals surface area (Å²) in [6.45, 7) is 0. The first-order chi connectivity index (χ1) is 19.4. The van der Waals surface area contributed by atoms with Gasteiger partial charge >= 0.3 is 5.97 Å². The fourth-order valence-corrected chi connectivity index (χ4v) is 3.60. The van der Waals surface area contributed by atoms with Gasteiger partial charge in [0.05, 0.1) is 13.3 Å². The van der Waals surface area contributed by atoms with E-state index in [0.717, 1.165) is 5.56 Å². The summed E-state index contributed by atoms with van der Waals surface area (Å²) in [5, 5.41) is 7.36. The van der Waals surface area contributed by atoms with E-state index in [2.05, 4.69) is 15.8 Å². The second-order valence-electron chi connectivity index (χ2n) is 8.31. The lowest BCUT2D eigenvalue weighted by Gasteiger charge is -2.08. The van der Waals surface area contributed by atoms with Gasteiger partial charge in [-0.25, -0.2) is 10.2 Å². The van der Waals surface area contributed by atoms with Crippen LogP contribution < -0.4 is 20.2 Å². The molecule has 0 aliphatic carbocycles. The smallest absolute Gasteiger partial charge is 0.336 e. The van der Waals surface area contributed by atoms with Gasteiger partial charge in [-0.1, -0.05) is 41.9 Å². The zero-order valence-corrected chi connectivity index (χ0v) is 22.1. The Morgan fingerprint density at radius 1 is 0.825 bits per heavy atom. The minimum absolute atomic E-state index is 0.273. The van der Waals surface area contributed by atoms with E-state index in [4.69, 9.17) is 21.1 Å². The Kier molecular flexibility index (Phi) is 9.42. The number of rotatable bonds is 9. The summed E-state index contributed by atoms with van der Waals surface area (Å²) in [4.78, 5) is 37.5. The highest BCUT2D eigenvalue weighted by atomic mass is 35.5. The molecule has 0 aromatic heterocycles. The number of para-hydroxylation sites is 1. The predicted molar refractivity (Wildman–Crippen MR) is 155 cm³/mol. The van der Waals surface area contributed by atoms with Crippen LogP contribution in [0.15, 0.2) is 108 Å². The molecule has 2 amide bonds. The molecule has 0 aliphatic heterocycles. The maximum atomic E-state index is 12.7. The number of hydrogen-bond acceptors (Lipinski definition) is 6. The number of esters is 1. The van der Waals surface area contributed by atoms with Gasteiger partial charge < -0.3 is 14.8 Å². The number of nitrogens with one attached hydrogen (secondary N) is 2. The molecule has 0 aliphatic rings. The van der Waals surface area contributed by atoms with Crippen molar-refractivity contribution in [3.63, 3.8) is 0 Å². The number of hydrogen-bond donors (Lipinski definition) is 2. The lowest BCUT2D eigenvalue weighted by atomic mass is 10.1. The number of anilines is 1. The van der Waals surface area contributed by atoms with Gasteiger partial charge in [-0.15, -0.1) is 0 Å². The van der Waals surface area contributed by atoms with Gasteiger partial charge in [0, 0.05) is 33.5 Å². The first kappa shape index (κ1) is 27.8. The van der Waals surface area contributed by atoms with E-state index < -0.39 is 11.9 Å². The van der Waals surface area contributed by atoms with E-state index >= 15 is 0 Å². The minimum Gasteiger partial charge on any atom is -0.497 e. The number of methoxy groups -OCH3 is 1. The molecule has 8 nitrogen and oxygen atoms in total. The van der Waals surface area contributed by atoms with Crippen molar-refractivity contribution in [1.82, 2.24) is 5.43 Å². The lowest BCUT2D eigenvalue weighted by Crippen LogP contribution is -2.18. The number of halogens is 1. The van der Waals surface area contributed by atoms with Gasteiger partial charge in [0.1, 0.15) is 11.5 Å². The number of benzene rings is 4. The van der Waals surface area contributed by atoms with Crippen molar-refractivity contribution < 1.29 is 23.9 Å². The molecule has 0 unspecified atom stereocenters. The Morgan fingerprint density at radius 2 is 1.57 bits per heavy atom. The topological polar surface area (TPSA) is 106 Å². The van der Waals surface area contributed by atoms with Gasteiger partial charge in [0.15, 0.2) is 0 Å². The van der Waals surface area contributed by atoms with E-state index in [9.17, 15) is 14.4 Å². The monoisotopic (exact) mass is 553 g/mol. The third kappa shape index (κ3) is 7.89. The lowest BCUT2D eigenvalue weighted by molar-refractivity contribution is -0.128. The van der Waals surface area contributed by atoms with Gasteiger partial charge in [0.25, 0.3) is 11.8 Å². The van der Waals surface area contributed by atoms with Crippen molar-refractivity contribution in [1.29, 1.82) is 0 Å². The van der Waals surface area contributed by atoms with Crippen molar-refractivity contribution >= 4 is 47.4 Å². The maximum Gasteiger partial charge on any atom is 0.336 e. The summed E-state index contributed by atoms with van der Waals surface area (Å²) >= 11 is 5.88. The van der Waals surface area contributed by atoms with Crippen LogP contribution in [0.4, 0.5) is 5.69 Å². The van der Waals surface area contributed by atoms with Crippen LogP contribution in [0.1, 0.15) is 31.8 Å². The standard InChI is InChI=1S/C31H24ClN3O5/c1-39-27-16-12-22(13-17-27)30(37)34-26-7-4-6-23(19-26)31(38)35-33-20-24-5-2-3-8-28(24)40-29(36)18-11-21-9-14-25(32)15-10-21/h2-20H,1H3,(H,34,37)(H,35,38)/b18-11+,33-20?. The second kappa shape index (κ2) is 13.5. The summed E-state index contributed by atoms with van der Waals surface area (Å²) in [6, 6.07) is 26.9. The van der Waals surface area contributed by atoms with E-state index in [0.29, 0.717) is 27.6 Å². The van der Waals surface area contributed by atoms with Gasteiger partial charge in [0.2, 0.25) is 0 Å². The summed E-state index contributed by atoms with van der Waals surface area (Å²) in [6.07, 6.45) is 4.29. The summed E-state index contributed by atoms with van der Waals surface area (Å²) < 4.78 is 10.5. The molecule has 0 saturated carbocycles. The van der Waals surface area contributed by atoms with E-state index in [1.807, 2.05) is 0 Å². The number of carbonyl (C=O) groups is 3. The molecule has 40 heavy (non-hydrogen) atoms. The third-order valence-electron chi connectivity index (χ3n) is 5.52. The minimum atomic E-state index is -0.576. The molecule has 200 valence electrons. The Labute approximate surface area is 235 Å². The van der Waals surface area contributed by atoms with Gasteiger partial charge in [-0.05, 0) is 78.4 Å². The van der Waals surface area contributed by atoms with E-state index in [1.54, 1.807) is 104 Å². The molecule has 0 saturated heterocycles. The van der Waals surface area contributed by atoms with Crippen LogP contribution in [-0.4, -0.2) is 31.1 Å². The van der Waals surface area contributed by atoms with Crippen molar-refractivity contribution in [3.05, 3.63) is 130 Å². The van der Waals surface area contributed by atoms with Crippen LogP contribution in [0.5, 0.6) is 11.5 Å². The van der Waals surface area contributed by atoms with Crippen molar-refractivity contribution in [3.8, 4) is 11.5 Å². The summed E-state index contributed by atoms with van der Waals surface area (Å²) in [5.74, 6) is -0.477. The number of hydrazone groups is 1. The molecular formula is C31H24ClN3O5. The maximum absolute atomic E-state index is 12.7. The van der Waals surface area contributed by atoms with Crippen molar-refractivity contribution in [2.45, 2.75) is 0 Å². The van der Waals surface area contributed by atoms with Crippen LogP contribution in [-0.2, 0) is 4.79 Å². The molecule has 4 aromatic rings.